The highest BCUT2D eigenvalue weighted by atomic mass is 16.5. The van der Waals surface area contributed by atoms with E-state index in [1.54, 1.807) is 30.0 Å². The molecule has 0 aliphatic carbocycles. The molecule has 6 heteroatoms. The highest BCUT2D eigenvalue weighted by Gasteiger charge is 2.04. The topological polar surface area (TPSA) is 69.0 Å². The fourth-order valence-corrected chi connectivity index (χ4v) is 2.06. The number of pyridine rings is 1. The standard InChI is InChI=1S/C11H11N3O.C4H9NO/c1-8-6-11(15)14(9(2)13-8)10-4-3-5-12-7-10;1-3-6-4-2-5-1/h3-7H,1-2H3;5H,1-4H2. The summed E-state index contributed by atoms with van der Waals surface area (Å²) in [6, 6.07) is 5.14. The summed E-state index contributed by atoms with van der Waals surface area (Å²) in [4.78, 5) is 20.0. The Morgan fingerprint density at radius 3 is 2.52 bits per heavy atom. The molecule has 21 heavy (non-hydrogen) atoms. The summed E-state index contributed by atoms with van der Waals surface area (Å²) < 4.78 is 6.55. The zero-order valence-electron chi connectivity index (χ0n) is 12.4. The SMILES string of the molecule is C1COCCN1.Cc1cc(=O)n(-c2cccnc2)c(C)n1. The lowest BCUT2D eigenvalue weighted by atomic mass is 10.3. The van der Waals surface area contributed by atoms with Gasteiger partial charge in [-0.1, -0.05) is 0 Å². The number of hydrogen-bond acceptors (Lipinski definition) is 5. The zero-order valence-corrected chi connectivity index (χ0v) is 12.4. The summed E-state index contributed by atoms with van der Waals surface area (Å²) >= 11 is 0. The third-order valence-electron chi connectivity index (χ3n) is 2.96. The Labute approximate surface area is 123 Å². The van der Waals surface area contributed by atoms with Gasteiger partial charge in [-0.2, -0.15) is 0 Å². The Morgan fingerprint density at radius 2 is 2.05 bits per heavy atom. The Morgan fingerprint density at radius 1 is 1.29 bits per heavy atom. The van der Waals surface area contributed by atoms with Crippen LogP contribution >= 0.6 is 0 Å². The van der Waals surface area contributed by atoms with Crippen LogP contribution in [0.2, 0.25) is 0 Å². The predicted molar refractivity (Wildman–Crippen MR) is 80.8 cm³/mol. The van der Waals surface area contributed by atoms with Gasteiger partial charge in [-0.25, -0.2) is 4.98 Å². The molecule has 0 amide bonds. The van der Waals surface area contributed by atoms with Crippen LogP contribution in [0.1, 0.15) is 11.5 Å². The second-order valence-electron chi connectivity index (χ2n) is 4.69. The van der Waals surface area contributed by atoms with Crippen LogP contribution in [0.4, 0.5) is 0 Å². The minimum atomic E-state index is -0.0759. The molecule has 0 aromatic carbocycles. The van der Waals surface area contributed by atoms with Crippen LogP contribution < -0.4 is 10.9 Å². The first kappa shape index (κ1) is 15.3. The molecule has 1 N–H and O–H groups in total. The summed E-state index contributed by atoms with van der Waals surface area (Å²) in [6.07, 6.45) is 3.32. The largest absolute Gasteiger partial charge is 0.379 e. The molecule has 0 bridgehead atoms. The van der Waals surface area contributed by atoms with Gasteiger partial charge in [0, 0.05) is 31.0 Å². The molecule has 3 rings (SSSR count). The Bertz CT molecular complexity index is 610. The quantitative estimate of drug-likeness (QED) is 0.842. The molecule has 1 saturated heterocycles. The van der Waals surface area contributed by atoms with Crippen LogP contribution in [-0.2, 0) is 4.74 Å². The third-order valence-corrected chi connectivity index (χ3v) is 2.96. The smallest absolute Gasteiger partial charge is 0.258 e. The number of ether oxygens (including phenoxy) is 1. The molecule has 1 aliphatic rings. The van der Waals surface area contributed by atoms with Crippen molar-refractivity contribution in [1.82, 2.24) is 19.9 Å². The van der Waals surface area contributed by atoms with Gasteiger partial charge in [-0.05, 0) is 26.0 Å². The lowest BCUT2D eigenvalue weighted by molar-refractivity contribution is 0.109. The maximum absolute atomic E-state index is 11.8. The molecule has 1 fully saturated rings. The number of hydrogen-bond donors (Lipinski definition) is 1. The molecule has 6 nitrogen and oxygen atoms in total. The van der Waals surface area contributed by atoms with Crippen LogP contribution in [0.3, 0.4) is 0 Å². The number of nitrogens with one attached hydrogen (secondary N) is 1. The molecule has 0 unspecified atom stereocenters. The van der Waals surface area contributed by atoms with Crippen LogP contribution in [0.15, 0.2) is 35.4 Å². The van der Waals surface area contributed by atoms with Gasteiger partial charge < -0.3 is 10.1 Å². The Balaban J connectivity index is 0.000000225. The number of rotatable bonds is 1. The van der Waals surface area contributed by atoms with Crippen molar-refractivity contribution in [1.29, 1.82) is 0 Å². The van der Waals surface area contributed by atoms with Gasteiger partial charge in [0.1, 0.15) is 5.82 Å². The van der Waals surface area contributed by atoms with Crippen molar-refractivity contribution < 1.29 is 4.74 Å². The van der Waals surface area contributed by atoms with E-state index in [2.05, 4.69) is 15.3 Å². The fourth-order valence-electron chi connectivity index (χ4n) is 2.06. The van der Waals surface area contributed by atoms with E-state index < -0.39 is 0 Å². The molecule has 3 heterocycles. The van der Waals surface area contributed by atoms with Gasteiger partial charge in [-0.15, -0.1) is 0 Å². The molecule has 112 valence electrons. The van der Waals surface area contributed by atoms with Crippen LogP contribution in [0, 0.1) is 13.8 Å². The van der Waals surface area contributed by atoms with Crippen LogP contribution in [-0.4, -0.2) is 40.8 Å². The average molecular weight is 288 g/mol. The van der Waals surface area contributed by atoms with Crippen molar-refractivity contribution in [2.45, 2.75) is 13.8 Å². The van der Waals surface area contributed by atoms with Crippen molar-refractivity contribution in [2.24, 2.45) is 0 Å². The van der Waals surface area contributed by atoms with E-state index in [0.717, 1.165) is 37.7 Å². The van der Waals surface area contributed by atoms with E-state index in [4.69, 9.17) is 4.74 Å². The zero-order chi connectivity index (χ0) is 15.1. The normalized spacial score (nSPS) is 14.2. The van der Waals surface area contributed by atoms with Gasteiger partial charge in [0.25, 0.3) is 5.56 Å². The maximum Gasteiger partial charge on any atom is 0.258 e. The van der Waals surface area contributed by atoms with Gasteiger partial charge in [0.2, 0.25) is 0 Å². The minimum Gasteiger partial charge on any atom is -0.379 e. The Hall–Kier alpha value is -2.05. The third kappa shape index (κ3) is 4.47. The van der Waals surface area contributed by atoms with E-state index in [1.807, 2.05) is 13.0 Å². The molecule has 0 saturated carbocycles. The fraction of sp³-hybridized carbons (Fsp3) is 0.400. The first-order valence-corrected chi connectivity index (χ1v) is 6.94. The van der Waals surface area contributed by atoms with E-state index in [0.29, 0.717) is 5.82 Å². The predicted octanol–water partition coefficient (Wildman–Crippen LogP) is 0.851. The van der Waals surface area contributed by atoms with Crippen molar-refractivity contribution in [3.05, 3.63) is 52.5 Å². The highest BCUT2D eigenvalue weighted by molar-refractivity contribution is 5.29. The van der Waals surface area contributed by atoms with Crippen molar-refractivity contribution in [2.75, 3.05) is 26.3 Å². The molecule has 0 radical (unpaired) electrons. The van der Waals surface area contributed by atoms with E-state index in [1.165, 1.54) is 6.07 Å². The van der Waals surface area contributed by atoms with Gasteiger partial charge in [-0.3, -0.25) is 14.3 Å². The molecule has 2 aromatic heterocycles. The lowest BCUT2D eigenvalue weighted by Crippen LogP contribution is -2.30. The number of morpholine rings is 1. The Kier molecular flexibility index (Phi) is 5.59. The molecular weight excluding hydrogens is 268 g/mol. The second kappa shape index (κ2) is 7.66. The first-order chi connectivity index (χ1) is 10.2. The van der Waals surface area contributed by atoms with E-state index in [9.17, 15) is 4.79 Å². The highest BCUT2D eigenvalue weighted by Crippen LogP contribution is 2.04. The lowest BCUT2D eigenvalue weighted by Gasteiger charge is -2.10. The monoisotopic (exact) mass is 288 g/mol. The number of aryl methyl sites for hydroxylation is 2. The second-order valence-corrected chi connectivity index (χ2v) is 4.69. The summed E-state index contributed by atoms with van der Waals surface area (Å²) in [7, 11) is 0. The molecule has 0 spiro atoms. The molecule has 0 atom stereocenters. The van der Waals surface area contributed by atoms with Crippen molar-refractivity contribution in [3.8, 4) is 5.69 Å². The van der Waals surface area contributed by atoms with Gasteiger partial charge >= 0.3 is 0 Å². The number of nitrogens with zero attached hydrogens (tertiary/aromatic N) is 3. The molecule has 1 aliphatic heterocycles. The molecular formula is C15H20N4O2. The van der Waals surface area contributed by atoms with Gasteiger partial charge in [0.15, 0.2) is 0 Å². The minimum absolute atomic E-state index is 0.0759. The summed E-state index contributed by atoms with van der Waals surface area (Å²) in [6.45, 7) is 7.45. The molecule has 2 aromatic rings. The van der Waals surface area contributed by atoms with Crippen molar-refractivity contribution >= 4 is 0 Å². The maximum atomic E-state index is 11.8. The van der Waals surface area contributed by atoms with Crippen LogP contribution in [0.25, 0.3) is 5.69 Å². The summed E-state index contributed by atoms with van der Waals surface area (Å²) in [5.41, 5.74) is 1.40. The number of aromatic nitrogens is 3. The van der Waals surface area contributed by atoms with E-state index >= 15 is 0 Å². The van der Waals surface area contributed by atoms with E-state index in [-0.39, 0.29) is 5.56 Å². The van der Waals surface area contributed by atoms with Gasteiger partial charge in [0.05, 0.1) is 25.1 Å². The van der Waals surface area contributed by atoms with Crippen LogP contribution in [0.5, 0.6) is 0 Å². The average Bonchev–Trinajstić information content (AvgIpc) is 2.50. The summed E-state index contributed by atoms with van der Waals surface area (Å²) in [5.74, 6) is 0.674. The summed E-state index contributed by atoms with van der Waals surface area (Å²) in [5, 5.41) is 3.16. The van der Waals surface area contributed by atoms with Crippen molar-refractivity contribution in [3.63, 3.8) is 0 Å². The first-order valence-electron chi connectivity index (χ1n) is 6.94.